The van der Waals surface area contributed by atoms with Gasteiger partial charge in [0.05, 0.1) is 6.10 Å². The van der Waals surface area contributed by atoms with Crippen molar-refractivity contribution in [3.8, 4) is 0 Å². The van der Waals surface area contributed by atoms with Gasteiger partial charge < -0.3 is 9.53 Å². The number of aldehydes is 1. The number of carbonyl (C=O) groups is 1. The summed E-state index contributed by atoms with van der Waals surface area (Å²) in [4.78, 5) is 10.4. The molecule has 0 fully saturated rings. The number of benzene rings is 1. The third-order valence-electron chi connectivity index (χ3n) is 4.41. The van der Waals surface area contributed by atoms with Crippen LogP contribution in [0.25, 0.3) is 0 Å². The van der Waals surface area contributed by atoms with E-state index in [1.54, 1.807) is 0 Å². The number of fused-ring (bicyclic) bond motifs is 1. The highest BCUT2D eigenvalue weighted by Crippen LogP contribution is 2.30. The summed E-state index contributed by atoms with van der Waals surface area (Å²) >= 11 is 0. The molecule has 0 bridgehead atoms. The second-order valence-electron chi connectivity index (χ2n) is 5.79. The summed E-state index contributed by atoms with van der Waals surface area (Å²) < 4.78 is 5.56. The lowest BCUT2D eigenvalue weighted by Crippen LogP contribution is -2.23. The average Bonchev–Trinajstić information content (AvgIpc) is 2.50. The van der Waals surface area contributed by atoms with E-state index in [1.165, 1.54) is 36.0 Å². The Morgan fingerprint density at radius 2 is 2.20 bits per heavy atom. The van der Waals surface area contributed by atoms with E-state index in [0.29, 0.717) is 5.92 Å². The number of rotatable bonds is 7. The third kappa shape index (κ3) is 3.69. The molecule has 1 aromatic rings. The Morgan fingerprint density at radius 3 is 2.90 bits per heavy atom. The average molecular weight is 274 g/mol. The van der Waals surface area contributed by atoms with Crippen LogP contribution < -0.4 is 0 Å². The van der Waals surface area contributed by atoms with Crippen molar-refractivity contribution in [3.05, 3.63) is 34.9 Å². The monoisotopic (exact) mass is 274 g/mol. The van der Waals surface area contributed by atoms with Gasteiger partial charge in [0, 0.05) is 0 Å². The van der Waals surface area contributed by atoms with E-state index in [4.69, 9.17) is 4.74 Å². The number of aryl methyl sites for hydroxylation is 1. The fourth-order valence-electron chi connectivity index (χ4n) is 3.27. The topological polar surface area (TPSA) is 26.3 Å². The van der Waals surface area contributed by atoms with Crippen molar-refractivity contribution in [1.29, 1.82) is 0 Å². The highest BCUT2D eigenvalue weighted by molar-refractivity contribution is 5.50. The first kappa shape index (κ1) is 15.2. The zero-order chi connectivity index (χ0) is 14.4. The van der Waals surface area contributed by atoms with Crippen LogP contribution in [0.4, 0.5) is 0 Å². The Hall–Kier alpha value is -1.15. The van der Waals surface area contributed by atoms with Crippen LogP contribution in [0, 0.1) is 0 Å². The Bertz CT molecular complexity index is 439. The summed E-state index contributed by atoms with van der Waals surface area (Å²) in [5.41, 5.74) is 4.39. The molecule has 0 aliphatic heterocycles. The minimum atomic E-state index is 0.219. The molecule has 0 N–H and O–H groups in total. The summed E-state index contributed by atoms with van der Waals surface area (Å²) in [6.07, 6.45) is 7.87. The summed E-state index contributed by atoms with van der Waals surface area (Å²) in [5.74, 6) is 0.703. The molecule has 0 spiro atoms. The van der Waals surface area contributed by atoms with Crippen molar-refractivity contribution in [1.82, 2.24) is 0 Å². The summed E-state index contributed by atoms with van der Waals surface area (Å²) in [7, 11) is 0. The van der Waals surface area contributed by atoms with E-state index in [2.05, 4.69) is 32.0 Å². The van der Waals surface area contributed by atoms with E-state index < -0.39 is 0 Å². The van der Waals surface area contributed by atoms with Gasteiger partial charge >= 0.3 is 0 Å². The fourth-order valence-corrected chi connectivity index (χ4v) is 3.27. The molecule has 0 saturated carbocycles. The van der Waals surface area contributed by atoms with Gasteiger partial charge in [-0.2, -0.15) is 0 Å². The minimum Gasteiger partial charge on any atom is -0.370 e. The maximum Gasteiger partial charge on any atom is 0.145 e. The molecule has 0 aromatic heterocycles. The zero-order valence-electron chi connectivity index (χ0n) is 12.7. The Morgan fingerprint density at radius 1 is 1.35 bits per heavy atom. The van der Waals surface area contributed by atoms with Crippen LogP contribution in [0.1, 0.15) is 62.1 Å². The van der Waals surface area contributed by atoms with E-state index in [1.807, 2.05) is 0 Å². The van der Waals surface area contributed by atoms with Crippen LogP contribution >= 0.6 is 0 Å². The van der Waals surface area contributed by atoms with Gasteiger partial charge in [-0.3, -0.25) is 0 Å². The van der Waals surface area contributed by atoms with Crippen LogP contribution in [0.15, 0.2) is 18.2 Å². The molecule has 2 nitrogen and oxygen atoms in total. The van der Waals surface area contributed by atoms with Gasteiger partial charge in [0.25, 0.3) is 0 Å². The van der Waals surface area contributed by atoms with Gasteiger partial charge in [-0.05, 0) is 54.7 Å². The molecule has 0 saturated heterocycles. The van der Waals surface area contributed by atoms with Crippen molar-refractivity contribution < 1.29 is 9.53 Å². The second kappa shape index (κ2) is 7.58. The van der Waals surface area contributed by atoms with Crippen LogP contribution in [-0.4, -0.2) is 19.0 Å². The van der Waals surface area contributed by atoms with Crippen molar-refractivity contribution in [2.24, 2.45) is 0 Å². The van der Waals surface area contributed by atoms with Gasteiger partial charge in [0.1, 0.15) is 12.9 Å². The lowest BCUT2D eigenvalue weighted by molar-refractivity contribution is -0.113. The highest BCUT2D eigenvalue weighted by atomic mass is 16.5. The third-order valence-corrected chi connectivity index (χ3v) is 4.41. The van der Waals surface area contributed by atoms with Gasteiger partial charge in [-0.15, -0.1) is 0 Å². The largest absolute Gasteiger partial charge is 0.370 e. The molecule has 0 radical (unpaired) electrons. The first-order valence-corrected chi connectivity index (χ1v) is 7.95. The maximum absolute atomic E-state index is 10.4. The Labute approximate surface area is 122 Å². The molecular formula is C18H26O2. The van der Waals surface area contributed by atoms with Crippen LogP contribution in [0.2, 0.25) is 0 Å². The molecule has 2 heteroatoms. The quantitative estimate of drug-likeness (QED) is 0.701. The van der Waals surface area contributed by atoms with Crippen molar-refractivity contribution in [3.63, 3.8) is 0 Å². The molecule has 1 aliphatic carbocycles. The smallest absolute Gasteiger partial charge is 0.145 e. The number of carbonyl (C=O) groups excluding carboxylic acids is 1. The molecule has 2 atom stereocenters. The van der Waals surface area contributed by atoms with Gasteiger partial charge in [0.2, 0.25) is 0 Å². The van der Waals surface area contributed by atoms with Crippen LogP contribution in [0.3, 0.4) is 0 Å². The van der Waals surface area contributed by atoms with Crippen LogP contribution in [0.5, 0.6) is 0 Å². The molecular weight excluding hydrogens is 248 g/mol. The second-order valence-corrected chi connectivity index (χ2v) is 5.79. The lowest BCUT2D eigenvalue weighted by Gasteiger charge is -2.26. The summed E-state index contributed by atoms with van der Waals surface area (Å²) in [6, 6.07) is 6.99. The number of hydrogen-bond acceptors (Lipinski definition) is 2. The van der Waals surface area contributed by atoms with Gasteiger partial charge in [0.15, 0.2) is 0 Å². The molecule has 1 unspecified atom stereocenters. The molecule has 2 rings (SSSR count). The molecule has 20 heavy (non-hydrogen) atoms. The molecule has 0 heterocycles. The van der Waals surface area contributed by atoms with Crippen molar-refractivity contribution >= 4 is 6.29 Å². The predicted molar refractivity (Wildman–Crippen MR) is 82.2 cm³/mol. The highest BCUT2D eigenvalue weighted by Gasteiger charge is 2.20. The van der Waals surface area contributed by atoms with Gasteiger partial charge in [-0.1, -0.05) is 38.5 Å². The normalized spacial score (nSPS) is 19.4. The Kier molecular flexibility index (Phi) is 5.78. The molecule has 1 aromatic carbocycles. The molecule has 110 valence electrons. The maximum atomic E-state index is 10.4. The van der Waals surface area contributed by atoms with Crippen molar-refractivity contribution in [2.45, 2.75) is 64.4 Å². The van der Waals surface area contributed by atoms with E-state index in [0.717, 1.165) is 25.5 Å². The first-order valence-electron chi connectivity index (χ1n) is 7.95. The van der Waals surface area contributed by atoms with Gasteiger partial charge in [-0.25, -0.2) is 0 Å². The SMILES string of the molecule is CCCC(CC)c1ccc2c(c1)CC[C@H](OCC=O)C2. The van der Waals surface area contributed by atoms with Crippen molar-refractivity contribution in [2.75, 3.05) is 6.61 Å². The van der Waals surface area contributed by atoms with E-state index in [9.17, 15) is 4.79 Å². The summed E-state index contributed by atoms with van der Waals surface area (Å²) in [5, 5.41) is 0. The summed E-state index contributed by atoms with van der Waals surface area (Å²) in [6.45, 7) is 4.77. The first-order chi connectivity index (χ1) is 9.78. The number of ether oxygens (including phenoxy) is 1. The Balaban J connectivity index is 2.07. The molecule has 0 amide bonds. The van der Waals surface area contributed by atoms with E-state index >= 15 is 0 Å². The van der Waals surface area contributed by atoms with E-state index in [-0.39, 0.29) is 12.7 Å². The molecule has 1 aliphatic rings. The minimum absolute atomic E-state index is 0.219. The predicted octanol–water partition coefficient (Wildman–Crippen LogP) is 4.05. The zero-order valence-corrected chi connectivity index (χ0v) is 12.7. The lowest BCUT2D eigenvalue weighted by atomic mass is 9.84. The number of hydrogen-bond donors (Lipinski definition) is 0. The standard InChI is InChI=1S/C18H26O2/c1-3-5-14(4-2)15-6-7-17-13-18(20-11-10-19)9-8-16(17)12-15/h6-7,10,12,14,18H,3-5,8-9,11,13H2,1-2H3/t14?,18-/m0/s1. The van der Waals surface area contributed by atoms with Crippen LogP contribution in [-0.2, 0) is 22.4 Å². The fraction of sp³-hybridized carbons (Fsp3) is 0.611.